The number of hydrogen-bond donors (Lipinski definition) is 0. The molecule has 0 unspecified atom stereocenters. The van der Waals surface area contributed by atoms with Gasteiger partial charge in [0.25, 0.3) is 0 Å². The van der Waals surface area contributed by atoms with Gasteiger partial charge in [0.15, 0.2) is 0 Å². The van der Waals surface area contributed by atoms with Gasteiger partial charge in [0.2, 0.25) is 7.59 Å². The van der Waals surface area contributed by atoms with Crippen molar-refractivity contribution in [3.05, 3.63) is 0 Å². The van der Waals surface area contributed by atoms with E-state index in [1.807, 2.05) is 0 Å². The number of carbonyl (C=O) groups is 2. The van der Waals surface area contributed by atoms with Gasteiger partial charge in [-0.1, -0.05) is 69.6 Å². The molecule has 1 radical (unpaired) electrons. The van der Waals surface area contributed by atoms with E-state index in [-0.39, 0.29) is 16.8 Å². The first-order valence-corrected chi connectivity index (χ1v) is 4.72. The predicted molar refractivity (Wildman–Crippen MR) is 50.6 cm³/mol. The maximum absolute atomic E-state index is 9.51. The number of aliphatic carboxylic acids is 2. The van der Waals surface area contributed by atoms with E-state index in [0.717, 1.165) is 0 Å². The van der Waals surface area contributed by atoms with E-state index < -0.39 is 19.5 Å². The van der Waals surface area contributed by atoms with E-state index in [1.54, 1.807) is 0 Å². The van der Waals surface area contributed by atoms with Crippen molar-refractivity contribution in [1.82, 2.24) is 0 Å². The van der Waals surface area contributed by atoms with Gasteiger partial charge in [0, 0.05) is 0 Å². The quantitative estimate of drug-likeness (QED) is 0.560. The molecule has 0 fully saturated rings. The third kappa shape index (κ3) is 15.2. The van der Waals surface area contributed by atoms with Crippen LogP contribution in [0.4, 0.5) is 0 Å². The monoisotopic (exact) mass is 381 g/mol. The van der Waals surface area contributed by atoms with Gasteiger partial charge in [0.1, 0.15) is 0 Å². The normalized spacial score (nSPS) is 10.5. The third-order valence-corrected chi connectivity index (χ3v) is 1.39. The molecule has 0 aliphatic rings. The Morgan fingerprint density at radius 1 is 0.733 bits per heavy atom. The molecule has 0 aliphatic carbocycles. The van der Waals surface area contributed by atoms with Crippen LogP contribution in [0.5, 0.6) is 0 Å². The van der Waals surface area contributed by atoms with E-state index in [0.29, 0.717) is 0 Å². The van der Waals surface area contributed by atoms with Gasteiger partial charge in [-0.2, -0.15) is 0 Å². The van der Waals surface area contributed by atoms with Crippen molar-refractivity contribution in [3.8, 4) is 0 Å². The van der Waals surface area contributed by atoms with Crippen molar-refractivity contribution < 1.29 is 36.6 Å². The van der Waals surface area contributed by atoms with Gasteiger partial charge in [0.05, 0.1) is 11.9 Å². The fourth-order valence-electron chi connectivity index (χ4n) is 0. The summed E-state index contributed by atoms with van der Waals surface area (Å²) in [5.41, 5.74) is 0. The molecule has 0 spiro atoms. The molecule has 0 N–H and O–H groups in total. The molecule has 0 aromatic heterocycles. The molecule has 91 valence electrons. The van der Waals surface area contributed by atoms with E-state index in [2.05, 4.69) is 0 Å². The average molecular weight is 384 g/mol. The number of hydrogen-bond acceptors (Lipinski definition) is 4. The van der Waals surface area contributed by atoms with Crippen molar-refractivity contribution in [1.29, 1.82) is 0 Å². The number of alkyl halides is 6. The second-order valence-electron chi connectivity index (χ2n) is 1.57. The van der Waals surface area contributed by atoms with Crippen LogP contribution in [0.3, 0.4) is 0 Å². The van der Waals surface area contributed by atoms with E-state index in [4.69, 9.17) is 69.6 Å². The Morgan fingerprint density at radius 2 is 0.800 bits per heavy atom. The van der Waals surface area contributed by atoms with E-state index in [1.165, 1.54) is 0 Å². The van der Waals surface area contributed by atoms with Crippen molar-refractivity contribution in [2.75, 3.05) is 0 Å². The molecule has 0 saturated heterocycles. The van der Waals surface area contributed by atoms with E-state index >= 15 is 0 Å². The molecule has 0 aromatic rings. The maximum atomic E-state index is 9.51. The molecule has 0 amide bonds. The number of carbonyl (C=O) groups excluding carboxylic acids is 2. The summed E-state index contributed by atoms with van der Waals surface area (Å²) in [6.45, 7) is 0. The van der Waals surface area contributed by atoms with Crippen molar-refractivity contribution in [3.63, 3.8) is 0 Å². The number of halogens is 6. The van der Waals surface area contributed by atoms with Gasteiger partial charge in [-0.25, -0.2) is 0 Å². The number of carboxylic acids is 2. The SMILES string of the molecule is O=C([O-])C(Cl)(Cl)Cl.O=C([O-])C(Cl)(Cl)Cl.[Co+2]. The summed E-state index contributed by atoms with van der Waals surface area (Å²) in [5.74, 6) is -3.42. The fourth-order valence-corrected chi connectivity index (χ4v) is 0. The maximum Gasteiger partial charge on any atom is 2.00 e. The second-order valence-corrected chi connectivity index (χ2v) is 6.13. The summed E-state index contributed by atoms with van der Waals surface area (Å²) in [4.78, 5) is 19.0. The zero-order valence-corrected chi connectivity index (χ0v) is 11.8. The van der Waals surface area contributed by atoms with Crippen LogP contribution in [0.1, 0.15) is 0 Å². The summed E-state index contributed by atoms with van der Waals surface area (Å²) >= 11 is 28.4. The zero-order valence-electron chi connectivity index (χ0n) is 6.23. The smallest absolute Gasteiger partial charge is 0.545 e. The minimum atomic E-state index is -2.28. The first kappa shape index (κ1) is 21.5. The van der Waals surface area contributed by atoms with E-state index in [9.17, 15) is 19.8 Å². The van der Waals surface area contributed by atoms with Crippen LogP contribution in [0.25, 0.3) is 0 Å². The Bertz CT molecular complexity index is 196. The summed E-state index contributed by atoms with van der Waals surface area (Å²) in [6.07, 6.45) is 0. The minimum absolute atomic E-state index is 0. The van der Waals surface area contributed by atoms with Crippen LogP contribution >= 0.6 is 69.6 Å². The topological polar surface area (TPSA) is 80.3 Å². The Labute approximate surface area is 125 Å². The number of carboxylic acid groups (broad SMARTS) is 2. The first-order valence-electron chi connectivity index (χ1n) is 2.45. The summed E-state index contributed by atoms with van der Waals surface area (Å²) in [6, 6.07) is 0. The molecular weight excluding hydrogens is 384 g/mol. The van der Waals surface area contributed by atoms with Gasteiger partial charge in [-0.05, 0) is 0 Å². The van der Waals surface area contributed by atoms with Crippen LogP contribution in [-0.4, -0.2) is 19.5 Å². The molecular formula is C4Cl6CoO4. The van der Waals surface area contributed by atoms with Crippen molar-refractivity contribution >= 4 is 81.5 Å². The van der Waals surface area contributed by atoms with Crippen LogP contribution in [0.15, 0.2) is 0 Å². The fraction of sp³-hybridized carbons (Fsp3) is 0.500. The molecule has 15 heavy (non-hydrogen) atoms. The molecule has 0 atom stereocenters. The second kappa shape index (κ2) is 8.30. The van der Waals surface area contributed by atoms with Crippen LogP contribution in [-0.2, 0) is 26.4 Å². The van der Waals surface area contributed by atoms with Gasteiger partial charge in [-0.3, -0.25) is 0 Å². The Kier molecular flexibility index (Phi) is 11.9. The molecule has 4 nitrogen and oxygen atoms in total. The average Bonchev–Trinajstić information content (AvgIpc) is 1.83. The molecule has 11 heteroatoms. The van der Waals surface area contributed by atoms with Crippen molar-refractivity contribution in [2.45, 2.75) is 7.59 Å². The molecule has 0 saturated carbocycles. The Morgan fingerprint density at radius 3 is 0.800 bits per heavy atom. The predicted octanol–water partition coefficient (Wildman–Crippen LogP) is 0.210. The van der Waals surface area contributed by atoms with Gasteiger partial charge < -0.3 is 19.8 Å². The molecule has 0 rings (SSSR count). The Balaban J connectivity index is -0.000000180. The number of rotatable bonds is 0. The minimum Gasteiger partial charge on any atom is -0.545 e. The largest absolute Gasteiger partial charge is 2.00 e. The Hall–Kier alpha value is 1.19. The van der Waals surface area contributed by atoms with Gasteiger partial charge in [-0.15, -0.1) is 0 Å². The summed E-state index contributed by atoms with van der Waals surface area (Å²) < 4.78 is -4.56. The summed E-state index contributed by atoms with van der Waals surface area (Å²) in [5, 5.41) is 19.0. The standard InChI is InChI=1S/2C2HCl3O2.Co/c2*3-2(4,5)1(6)7;/h2*(H,6,7);/q;;+2/p-2. The van der Waals surface area contributed by atoms with Crippen LogP contribution in [0, 0.1) is 0 Å². The zero-order chi connectivity index (χ0) is 12.2. The van der Waals surface area contributed by atoms with Crippen molar-refractivity contribution in [2.24, 2.45) is 0 Å². The summed E-state index contributed by atoms with van der Waals surface area (Å²) in [7, 11) is 0. The first-order chi connectivity index (χ1) is 5.89. The molecule has 0 heterocycles. The van der Waals surface area contributed by atoms with Crippen LogP contribution < -0.4 is 10.2 Å². The molecule has 0 bridgehead atoms. The molecule has 0 aromatic carbocycles. The third-order valence-electron chi connectivity index (χ3n) is 0.463. The van der Waals surface area contributed by atoms with Gasteiger partial charge >= 0.3 is 16.8 Å². The molecule has 0 aliphatic heterocycles. The van der Waals surface area contributed by atoms with Crippen LogP contribution in [0.2, 0.25) is 0 Å².